The lowest BCUT2D eigenvalue weighted by Gasteiger charge is -2.45. The van der Waals surface area contributed by atoms with Gasteiger partial charge in [-0.2, -0.15) is 8.78 Å². The Balaban J connectivity index is 2.01. The number of hydrogen-bond donors (Lipinski definition) is 1. The van der Waals surface area contributed by atoms with Gasteiger partial charge in [0.15, 0.2) is 0 Å². The Morgan fingerprint density at radius 2 is 1.86 bits per heavy atom. The molecule has 0 amide bonds. The van der Waals surface area contributed by atoms with Crippen LogP contribution in [0.25, 0.3) is 0 Å². The number of hydrogen-bond acceptors (Lipinski definition) is 3. The van der Waals surface area contributed by atoms with Crippen LogP contribution in [0.15, 0.2) is 0 Å². The monoisotopic (exact) mass is 318 g/mol. The fourth-order valence-corrected chi connectivity index (χ4v) is 2.47. The van der Waals surface area contributed by atoms with Crippen LogP contribution in [0, 0.1) is 0 Å². The number of nitrogens with zero attached hydrogens (tertiary/aromatic N) is 1. The van der Waals surface area contributed by atoms with Crippen molar-refractivity contribution in [2.75, 3.05) is 26.2 Å². The molecule has 2 rings (SSSR count). The Morgan fingerprint density at radius 3 is 2.43 bits per heavy atom. The van der Waals surface area contributed by atoms with Gasteiger partial charge in [-0.25, -0.2) is 3.11 Å². The van der Waals surface area contributed by atoms with Crippen molar-refractivity contribution in [3.63, 3.8) is 0 Å². The van der Waals surface area contributed by atoms with E-state index in [1.54, 1.807) is 0 Å². The second-order valence-electron chi connectivity index (χ2n) is 3.94. The highest BCUT2D eigenvalue weighted by Crippen LogP contribution is 2.35. The van der Waals surface area contributed by atoms with Gasteiger partial charge in [-0.05, 0) is 12.8 Å². The molecule has 6 heteroatoms. The summed E-state index contributed by atoms with van der Waals surface area (Å²) in [5, 5.41) is 2.75. The van der Waals surface area contributed by atoms with Gasteiger partial charge >= 0.3 is 6.11 Å². The largest absolute Gasteiger partial charge is 0.368 e. The summed E-state index contributed by atoms with van der Waals surface area (Å²) in [5.74, 6) is 0. The smallest absolute Gasteiger partial charge is 0.311 e. The first kappa shape index (κ1) is 11.0. The van der Waals surface area contributed by atoms with Gasteiger partial charge < -0.3 is 10.1 Å². The van der Waals surface area contributed by atoms with Crippen molar-refractivity contribution < 1.29 is 13.5 Å². The Morgan fingerprint density at radius 1 is 1.21 bits per heavy atom. The molecule has 1 spiro atoms. The molecule has 2 fully saturated rings. The molecule has 2 aliphatic heterocycles. The van der Waals surface area contributed by atoms with E-state index >= 15 is 0 Å². The van der Waals surface area contributed by atoms with Crippen LogP contribution < -0.4 is 5.32 Å². The maximum atomic E-state index is 13.0. The normalized spacial score (nSPS) is 31.9. The molecule has 0 atom stereocenters. The summed E-state index contributed by atoms with van der Waals surface area (Å²) in [7, 11) is 0. The third kappa shape index (κ3) is 2.34. The van der Waals surface area contributed by atoms with E-state index in [2.05, 4.69) is 31.3 Å². The lowest BCUT2D eigenvalue weighted by molar-refractivity contribution is -0.314. The fraction of sp³-hybridized carbons (Fsp3) is 1.00. The second kappa shape index (κ2) is 3.80. The highest BCUT2D eigenvalue weighted by molar-refractivity contribution is 14.1. The maximum absolute atomic E-state index is 13.0. The molecular formula is C8H13F2IN2O. The number of alkyl halides is 2. The number of piperidine rings is 1. The molecule has 2 saturated heterocycles. The third-order valence-electron chi connectivity index (χ3n) is 2.76. The molecule has 0 saturated carbocycles. The van der Waals surface area contributed by atoms with Gasteiger partial charge in [0.1, 0.15) is 0 Å². The van der Waals surface area contributed by atoms with Gasteiger partial charge in [0, 0.05) is 42.5 Å². The molecule has 0 radical (unpaired) electrons. The highest BCUT2D eigenvalue weighted by atomic mass is 127. The zero-order valence-electron chi connectivity index (χ0n) is 7.73. The third-order valence-corrected chi connectivity index (χ3v) is 3.73. The van der Waals surface area contributed by atoms with Crippen molar-refractivity contribution in [1.29, 1.82) is 0 Å². The second-order valence-corrected chi connectivity index (χ2v) is 5.30. The Bertz CT molecular complexity index is 219. The summed E-state index contributed by atoms with van der Waals surface area (Å²) >= 11 is 2.21. The predicted octanol–water partition coefficient (Wildman–Crippen LogP) is 1.38. The van der Waals surface area contributed by atoms with Crippen molar-refractivity contribution in [2.24, 2.45) is 0 Å². The molecule has 1 N–H and O–H groups in total. The molecule has 0 bridgehead atoms. The number of nitrogens with one attached hydrogen (secondary N) is 1. The average molecular weight is 318 g/mol. The van der Waals surface area contributed by atoms with Gasteiger partial charge in [-0.15, -0.1) is 0 Å². The molecule has 3 nitrogen and oxygen atoms in total. The van der Waals surface area contributed by atoms with E-state index in [1.807, 2.05) is 0 Å². The molecule has 0 aliphatic carbocycles. The summed E-state index contributed by atoms with van der Waals surface area (Å²) in [4.78, 5) is 0. The summed E-state index contributed by atoms with van der Waals surface area (Å²) in [5.41, 5.74) is -0.635. The number of morpholine rings is 1. The van der Waals surface area contributed by atoms with E-state index < -0.39 is 11.7 Å². The van der Waals surface area contributed by atoms with Crippen molar-refractivity contribution in [2.45, 2.75) is 24.6 Å². The van der Waals surface area contributed by atoms with E-state index in [0.29, 0.717) is 19.4 Å². The molecule has 14 heavy (non-hydrogen) atoms. The van der Waals surface area contributed by atoms with Crippen LogP contribution in [0.5, 0.6) is 0 Å². The van der Waals surface area contributed by atoms with Crippen LogP contribution in [0.4, 0.5) is 8.78 Å². The number of ether oxygens (including phenoxy) is 1. The van der Waals surface area contributed by atoms with Crippen molar-refractivity contribution in [1.82, 2.24) is 8.43 Å². The zero-order chi connectivity index (χ0) is 10.2. The van der Waals surface area contributed by atoms with E-state index in [-0.39, 0.29) is 6.54 Å². The molecule has 0 unspecified atom stereocenters. The average Bonchev–Trinajstić information content (AvgIpc) is 2.09. The van der Waals surface area contributed by atoms with Crippen LogP contribution >= 0.6 is 22.9 Å². The van der Waals surface area contributed by atoms with Crippen molar-refractivity contribution in [3.8, 4) is 0 Å². The predicted molar refractivity (Wildman–Crippen MR) is 56.5 cm³/mol. The topological polar surface area (TPSA) is 24.5 Å². The summed E-state index contributed by atoms with van der Waals surface area (Å²) < 4.78 is 33.1. The minimum atomic E-state index is -2.99. The quantitative estimate of drug-likeness (QED) is 0.540. The van der Waals surface area contributed by atoms with Crippen molar-refractivity contribution in [3.05, 3.63) is 0 Å². The molecule has 0 aromatic heterocycles. The molecule has 0 aromatic carbocycles. The zero-order valence-corrected chi connectivity index (χ0v) is 9.89. The van der Waals surface area contributed by atoms with E-state index in [9.17, 15) is 8.78 Å². The summed E-state index contributed by atoms with van der Waals surface area (Å²) in [6.07, 6.45) is -1.64. The maximum Gasteiger partial charge on any atom is 0.368 e. The van der Waals surface area contributed by atoms with Crippen LogP contribution in [0.1, 0.15) is 12.8 Å². The fourth-order valence-electron chi connectivity index (χ4n) is 1.99. The van der Waals surface area contributed by atoms with Gasteiger partial charge in [0.05, 0.1) is 12.1 Å². The molecule has 0 aromatic rings. The first-order valence-corrected chi connectivity index (χ1v) is 5.67. The number of halogens is 3. The molecule has 82 valence electrons. The van der Waals surface area contributed by atoms with Crippen LogP contribution in [0.2, 0.25) is 0 Å². The summed E-state index contributed by atoms with van der Waals surface area (Å²) in [6, 6.07) is 0. The van der Waals surface area contributed by atoms with E-state index in [1.165, 1.54) is 0 Å². The lowest BCUT2D eigenvalue weighted by Crippen LogP contribution is -2.59. The number of rotatable bonds is 0. The van der Waals surface area contributed by atoms with Crippen LogP contribution in [-0.2, 0) is 4.74 Å². The minimum Gasteiger partial charge on any atom is -0.311 e. The first-order chi connectivity index (χ1) is 6.52. The van der Waals surface area contributed by atoms with Gasteiger partial charge in [0.2, 0.25) is 0 Å². The molecule has 2 heterocycles. The Kier molecular flexibility index (Phi) is 2.98. The van der Waals surface area contributed by atoms with Crippen LogP contribution in [-0.4, -0.2) is 41.0 Å². The Labute approximate surface area is 95.7 Å². The Hall–Kier alpha value is 0.470. The van der Waals surface area contributed by atoms with E-state index in [4.69, 9.17) is 4.74 Å². The highest BCUT2D eigenvalue weighted by Gasteiger charge is 2.47. The van der Waals surface area contributed by atoms with Gasteiger partial charge in [-0.3, -0.25) is 0 Å². The van der Waals surface area contributed by atoms with Crippen molar-refractivity contribution >= 4 is 22.9 Å². The molecule has 2 aliphatic rings. The van der Waals surface area contributed by atoms with Gasteiger partial charge in [0.25, 0.3) is 0 Å². The summed E-state index contributed by atoms with van der Waals surface area (Å²) in [6.45, 7) is 1.83. The van der Waals surface area contributed by atoms with E-state index in [0.717, 1.165) is 13.1 Å². The SMILES string of the molecule is FC1(F)CNCC2(CCN(I)CC2)O1. The lowest BCUT2D eigenvalue weighted by atomic mass is 9.91. The minimum absolute atomic E-state index is 0.358. The molecular weight excluding hydrogens is 305 g/mol. The van der Waals surface area contributed by atoms with Crippen LogP contribution in [0.3, 0.4) is 0 Å². The van der Waals surface area contributed by atoms with Gasteiger partial charge in [-0.1, -0.05) is 0 Å². The first-order valence-electron chi connectivity index (χ1n) is 4.71. The standard InChI is InChI=1S/C8H13F2IN2O/c9-8(10)6-12-5-7(14-8)1-3-13(11)4-2-7/h12H,1-6H2.